The lowest BCUT2D eigenvalue weighted by Gasteiger charge is -2.19. The van der Waals surface area contributed by atoms with Gasteiger partial charge in [-0.25, -0.2) is 4.99 Å². The van der Waals surface area contributed by atoms with E-state index in [2.05, 4.69) is 22.2 Å². The summed E-state index contributed by atoms with van der Waals surface area (Å²) in [5.74, 6) is 1.33. The number of rotatable bonds is 8. The van der Waals surface area contributed by atoms with E-state index in [9.17, 15) is 4.79 Å². The van der Waals surface area contributed by atoms with Crippen molar-refractivity contribution in [3.63, 3.8) is 0 Å². The first-order chi connectivity index (χ1) is 11.3. The molecular formula is C18H29N3O3. The number of nitrogens with one attached hydrogen (secondary N) is 2. The van der Waals surface area contributed by atoms with Gasteiger partial charge in [-0.15, -0.1) is 0 Å². The van der Waals surface area contributed by atoms with Gasteiger partial charge in [0.25, 0.3) is 0 Å². The zero-order valence-corrected chi connectivity index (χ0v) is 15.1. The molecule has 0 radical (unpaired) electrons. The zero-order chi connectivity index (χ0) is 18.0. The van der Waals surface area contributed by atoms with Crippen LogP contribution in [0.4, 0.5) is 0 Å². The van der Waals surface area contributed by atoms with E-state index >= 15 is 0 Å². The Kier molecular flexibility index (Phi) is 8.09. The third-order valence-corrected chi connectivity index (χ3v) is 2.79. The van der Waals surface area contributed by atoms with Gasteiger partial charge < -0.3 is 19.8 Å². The molecule has 6 nitrogen and oxygen atoms in total. The fourth-order valence-electron chi connectivity index (χ4n) is 1.82. The Labute approximate surface area is 144 Å². The molecule has 0 aliphatic heterocycles. The van der Waals surface area contributed by atoms with Crippen LogP contribution >= 0.6 is 0 Å². The van der Waals surface area contributed by atoms with Crippen molar-refractivity contribution in [2.45, 2.75) is 46.1 Å². The largest absolute Gasteiger partial charge is 0.469 e. The second-order valence-corrected chi connectivity index (χ2v) is 6.64. The fourth-order valence-corrected chi connectivity index (χ4v) is 1.82. The van der Waals surface area contributed by atoms with Crippen molar-refractivity contribution in [3.8, 4) is 0 Å². The Hall–Kier alpha value is -2.24. The van der Waals surface area contributed by atoms with Crippen molar-refractivity contribution < 1.29 is 13.9 Å². The normalized spacial score (nSPS) is 11.9. The molecule has 1 aromatic heterocycles. The maximum Gasteiger partial charge on any atom is 0.308 e. The number of nitrogens with zero attached hydrogens (tertiary/aromatic N) is 1. The minimum absolute atomic E-state index is 0.232. The van der Waals surface area contributed by atoms with Crippen LogP contribution in [0.2, 0.25) is 0 Å². The predicted octanol–water partition coefficient (Wildman–Crippen LogP) is 2.67. The molecule has 0 spiro atoms. The summed E-state index contributed by atoms with van der Waals surface area (Å²) >= 11 is 0. The van der Waals surface area contributed by atoms with E-state index in [0.717, 1.165) is 17.8 Å². The highest BCUT2D eigenvalue weighted by molar-refractivity contribution is 5.80. The molecule has 0 amide bonds. The van der Waals surface area contributed by atoms with Gasteiger partial charge in [-0.1, -0.05) is 12.2 Å². The molecule has 0 bridgehead atoms. The molecule has 6 heteroatoms. The average Bonchev–Trinajstić information content (AvgIpc) is 2.95. The van der Waals surface area contributed by atoms with Gasteiger partial charge >= 0.3 is 5.97 Å². The Morgan fingerprint density at radius 1 is 1.33 bits per heavy atom. The maximum atomic E-state index is 11.7. The number of furan rings is 1. The van der Waals surface area contributed by atoms with E-state index in [1.54, 1.807) is 6.26 Å². The molecule has 0 fully saturated rings. The summed E-state index contributed by atoms with van der Waals surface area (Å²) in [6.07, 6.45) is 2.69. The Morgan fingerprint density at radius 3 is 2.62 bits per heavy atom. The highest BCUT2D eigenvalue weighted by Crippen LogP contribution is 2.07. The minimum atomic E-state index is -0.463. The van der Waals surface area contributed by atoms with Gasteiger partial charge in [0.15, 0.2) is 5.96 Å². The number of guanidine groups is 1. The number of carbonyl (C=O) groups excluding carboxylic acids is 1. The van der Waals surface area contributed by atoms with Gasteiger partial charge in [0.05, 0.1) is 19.2 Å². The van der Waals surface area contributed by atoms with Crippen molar-refractivity contribution in [1.29, 1.82) is 0 Å². The third-order valence-electron chi connectivity index (χ3n) is 2.79. The lowest BCUT2D eigenvalue weighted by Crippen LogP contribution is -2.40. The summed E-state index contributed by atoms with van der Waals surface area (Å²) in [5.41, 5.74) is 0.504. The van der Waals surface area contributed by atoms with Gasteiger partial charge in [0, 0.05) is 19.5 Å². The zero-order valence-electron chi connectivity index (χ0n) is 15.1. The summed E-state index contributed by atoms with van der Waals surface area (Å²) in [5, 5.41) is 6.36. The van der Waals surface area contributed by atoms with Gasteiger partial charge in [-0.05, 0) is 39.8 Å². The van der Waals surface area contributed by atoms with Crippen molar-refractivity contribution >= 4 is 11.9 Å². The average molecular weight is 335 g/mol. The van der Waals surface area contributed by atoms with Gasteiger partial charge in [-0.3, -0.25) is 4.79 Å². The third kappa shape index (κ3) is 9.71. The van der Waals surface area contributed by atoms with E-state index in [1.165, 1.54) is 0 Å². The fraction of sp³-hybridized carbons (Fsp3) is 0.556. The molecule has 0 aromatic carbocycles. The molecule has 1 heterocycles. The monoisotopic (exact) mass is 335 g/mol. The number of aliphatic imine (C=N–C) groups is 1. The summed E-state index contributed by atoms with van der Waals surface area (Å²) in [7, 11) is 0. The quantitative estimate of drug-likeness (QED) is 0.331. The summed E-state index contributed by atoms with van der Waals surface area (Å²) in [6.45, 7) is 13.0. The summed E-state index contributed by atoms with van der Waals surface area (Å²) < 4.78 is 10.6. The number of hydrogen-bond donors (Lipinski definition) is 2. The van der Waals surface area contributed by atoms with Crippen molar-refractivity contribution in [2.75, 3.05) is 19.6 Å². The SMILES string of the molecule is C=C(C)CN=C(NCCC(=O)OC(C)(C)C)NCCc1ccco1. The van der Waals surface area contributed by atoms with Crippen LogP contribution in [0.25, 0.3) is 0 Å². The first-order valence-corrected chi connectivity index (χ1v) is 8.17. The minimum Gasteiger partial charge on any atom is -0.469 e. The first-order valence-electron chi connectivity index (χ1n) is 8.17. The van der Waals surface area contributed by atoms with Crippen LogP contribution < -0.4 is 10.6 Å². The molecule has 0 atom stereocenters. The number of hydrogen-bond acceptors (Lipinski definition) is 4. The van der Waals surface area contributed by atoms with E-state index < -0.39 is 5.60 Å². The Balaban J connectivity index is 2.40. The lowest BCUT2D eigenvalue weighted by molar-refractivity contribution is -0.154. The predicted molar refractivity (Wildman–Crippen MR) is 96.0 cm³/mol. The highest BCUT2D eigenvalue weighted by Gasteiger charge is 2.15. The molecule has 1 rings (SSSR count). The molecular weight excluding hydrogens is 306 g/mol. The van der Waals surface area contributed by atoms with Crippen LogP contribution in [0.5, 0.6) is 0 Å². The molecule has 24 heavy (non-hydrogen) atoms. The van der Waals surface area contributed by atoms with Gasteiger partial charge in [0.2, 0.25) is 0 Å². The van der Waals surface area contributed by atoms with Crippen LogP contribution in [0, 0.1) is 0 Å². The standard InChI is InChI=1S/C18H29N3O3/c1-14(2)13-21-17(19-10-8-15-7-6-12-23-15)20-11-9-16(22)24-18(3,4)5/h6-7,12H,1,8-11,13H2,2-5H3,(H2,19,20,21). The number of esters is 1. The maximum absolute atomic E-state index is 11.7. The molecule has 0 saturated carbocycles. The van der Waals surface area contributed by atoms with Crippen LogP contribution in [-0.4, -0.2) is 37.2 Å². The molecule has 1 aromatic rings. The van der Waals surface area contributed by atoms with Crippen molar-refractivity contribution in [2.24, 2.45) is 4.99 Å². The molecule has 0 aliphatic carbocycles. The smallest absolute Gasteiger partial charge is 0.308 e. The van der Waals surface area contributed by atoms with Crippen molar-refractivity contribution in [3.05, 3.63) is 36.3 Å². The molecule has 134 valence electrons. The molecule has 0 aliphatic rings. The second-order valence-electron chi connectivity index (χ2n) is 6.64. The van der Waals surface area contributed by atoms with E-state index in [0.29, 0.717) is 25.6 Å². The van der Waals surface area contributed by atoms with Gasteiger partial charge in [0.1, 0.15) is 11.4 Å². The summed E-state index contributed by atoms with van der Waals surface area (Å²) in [4.78, 5) is 16.2. The Morgan fingerprint density at radius 2 is 2.04 bits per heavy atom. The van der Waals surface area contributed by atoms with Crippen LogP contribution in [0.1, 0.15) is 39.9 Å². The Bertz CT molecular complexity index is 542. The van der Waals surface area contributed by atoms with Crippen LogP contribution in [0.3, 0.4) is 0 Å². The van der Waals surface area contributed by atoms with E-state index in [-0.39, 0.29) is 12.4 Å². The lowest BCUT2D eigenvalue weighted by atomic mass is 10.2. The van der Waals surface area contributed by atoms with Crippen molar-refractivity contribution in [1.82, 2.24) is 10.6 Å². The molecule has 2 N–H and O–H groups in total. The molecule has 0 saturated heterocycles. The van der Waals surface area contributed by atoms with Crippen LogP contribution in [0.15, 0.2) is 40.0 Å². The molecule has 0 unspecified atom stereocenters. The van der Waals surface area contributed by atoms with Gasteiger partial charge in [-0.2, -0.15) is 0 Å². The number of ether oxygens (including phenoxy) is 1. The number of carbonyl (C=O) groups is 1. The summed E-state index contributed by atoms with van der Waals surface area (Å²) in [6, 6.07) is 3.80. The van der Waals surface area contributed by atoms with E-state index in [4.69, 9.17) is 9.15 Å². The van der Waals surface area contributed by atoms with Crippen LogP contribution in [-0.2, 0) is 16.0 Å². The first kappa shape index (κ1) is 19.8. The second kappa shape index (κ2) is 9.80. The van der Waals surface area contributed by atoms with E-state index in [1.807, 2.05) is 39.8 Å². The topological polar surface area (TPSA) is 75.9 Å². The highest BCUT2D eigenvalue weighted by atomic mass is 16.6.